The SMILES string of the molecule is Cl.Cl.N#Cc1ccc2ccccn12. The molecule has 2 aromatic rings. The second-order valence-electron chi connectivity index (χ2n) is 2.33. The molecule has 2 aromatic heterocycles. The highest BCUT2D eigenvalue weighted by Gasteiger charge is 1.96. The minimum Gasteiger partial charge on any atom is -0.308 e. The highest BCUT2D eigenvalue weighted by atomic mass is 35.5. The first-order valence-electron chi connectivity index (χ1n) is 3.38. The van der Waals surface area contributed by atoms with Gasteiger partial charge in [-0.25, -0.2) is 0 Å². The minimum atomic E-state index is 0. The molecule has 0 saturated heterocycles. The van der Waals surface area contributed by atoms with Crippen molar-refractivity contribution in [3.63, 3.8) is 0 Å². The summed E-state index contributed by atoms with van der Waals surface area (Å²) < 4.78 is 1.86. The van der Waals surface area contributed by atoms with Gasteiger partial charge in [-0.3, -0.25) is 0 Å². The van der Waals surface area contributed by atoms with Crippen LogP contribution in [0.4, 0.5) is 0 Å². The number of hydrogen-bond acceptors (Lipinski definition) is 1. The number of fused-ring (bicyclic) bond motifs is 1. The van der Waals surface area contributed by atoms with E-state index in [4.69, 9.17) is 5.26 Å². The maximum Gasteiger partial charge on any atom is 0.124 e. The summed E-state index contributed by atoms with van der Waals surface area (Å²) >= 11 is 0. The van der Waals surface area contributed by atoms with Crippen LogP contribution in [0.5, 0.6) is 0 Å². The van der Waals surface area contributed by atoms with E-state index in [1.807, 2.05) is 40.9 Å². The predicted octanol–water partition coefficient (Wildman–Crippen LogP) is 2.65. The minimum absolute atomic E-state index is 0. The Kier molecular flexibility index (Phi) is 4.33. The van der Waals surface area contributed by atoms with Crippen LogP contribution < -0.4 is 0 Å². The third kappa shape index (κ3) is 1.95. The molecule has 0 bridgehead atoms. The molecule has 68 valence electrons. The summed E-state index contributed by atoms with van der Waals surface area (Å²) in [6, 6.07) is 11.7. The van der Waals surface area contributed by atoms with Crippen LogP contribution in [-0.2, 0) is 0 Å². The average molecular weight is 215 g/mol. The maximum absolute atomic E-state index is 8.65. The van der Waals surface area contributed by atoms with E-state index in [9.17, 15) is 0 Å². The number of pyridine rings is 1. The number of hydrogen-bond donors (Lipinski definition) is 0. The quantitative estimate of drug-likeness (QED) is 0.663. The van der Waals surface area contributed by atoms with Crippen LogP contribution in [0, 0.1) is 11.3 Å². The van der Waals surface area contributed by atoms with E-state index < -0.39 is 0 Å². The molecule has 0 aliphatic rings. The van der Waals surface area contributed by atoms with E-state index in [2.05, 4.69) is 6.07 Å². The smallest absolute Gasteiger partial charge is 0.124 e. The highest BCUT2D eigenvalue weighted by Crippen LogP contribution is 2.07. The summed E-state index contributed by atoms with van der Waals surface area (Å²) in [5.74, 6) is 0. The highest BCUT2D eigenvalue weighted by molar-refractivity contribution is 5.85. The zero-order valence-electron chi connectivity index (χ0n) is 6.68. The van der Waals surface area contributed by atoms with Crippen LogP contribution in [0.3, 0.4) is 0 Å². The van der Waals surface area contributed by atoms with Gasteiger partial charge in [0.2, 0.25) is 0 Å². The molecule has 0 radical (unpaired) electrons. The first-order chi connectivity index (χ1) is 5.42. The molecule has 4 heteroatoms. The lowest BCUT2D eigenvalue weighted by Gasteiger charge is -1.92. The lowest BCUT2D eigenvalue weighted by atomic mass is 10.4. The third-order valence-corrected chi connectivity index (χ3v) is 1.68. The second-order valence-corrected chi connectivity index (χ2v) is 2.33. The number of halogens is 2. The lowest BCUT2D eigenvalue weighted by Crippen LogP contribution is -1.84. The Morgan fingerprint density at radius 2 is 1.85 bits per heavy atom. The molecule has 2 rings (SSSR count). The van der Waals surface area contributed by atoms with E-state index in [1.54, 1.807) is 0 Å². The molecule has 0 N–H and O–H groups in total. The van der Waals surface area contributed by atoms with Crippen LogP contribution >= 0.6 is 24.8 Å². The molecule has 0 aromatic carbocycles. The maximum atomic E-state index is 8.65. The Morgan fingerprint density at radius 1 is 1.08 bits per heavy atom. The van der Waals surface area contributed by atoms with Gasteiger partial charge in [0.1, 0.15) is 11.8 Å². The van der Waals surface area contributed by atoms with Crippen molar-refractivity contribution in [2.24, 2.45) is 0 Å². The van der Waals surface area contributed by atoms with Gasteiger partial charge in [-0.1, -0.05) is 6.07 Å². The Labute approximate surface area is 88.6 Å². The first-order valence-corrected chi connectivity index (χ1v) is 3.38. The van der Waals surface area contributed by atoms with Gasteiger partial charge in [0.25, 0.3) is 0 Å². The molecule has 0 aliphatic heterocycles. The zero-order valence-corrected chi connectivity index (χ0v) is 8.31. The topological polar surface area (TPSA) is 28.2 Å². The standard InChI is InChI=1S/C9H6N2.2ClH/c10-7-9-5-4-8-3-1-2-6-11(8)9;;/h1-6H;2*1H. The van der Waals surface area contributed by atoms with Crippen LogP contribution in [0.25, 0.3) is 5.52 Å². The number of rotatable bonds is 0. The van der Waals surface area contributed by atoms with Gasteiger partial charge >= 0.3 is 0 Å². The molecule has 2 nitrogen and oxygen atoms in total. The van der Waals surface area contributed by atoms with Crippen LogP contribution in [0.2, 0.25) is 0 Å². The fourth-order valence-corrected chi connectivity index (χ4v) is 1.15. The monoisotopic (exact) mass is 214 g/mol. The van der Waals surface area contributed by atoms with Crippen molar-refractivity contribution in [2.75, 3.05) is 0 Å². The largest absolute Gasteiger partial charge is 0.308 e. The molecule has 0 saturated carbocycles. The Bertz CT molecular complexity index is 428. The van der Waals surface area contributed by atoms with Gasteiger partial charge in [-0.05, 0) is 24.3 Å². The van der Waals surface area contributed by atoms with E-state index in [1.165, 1.54) is 0 Å². The number of nitrogens with zero attached hydrogens (tertiary/aromatic N) is 2. The average Bonchev–Trinajstić information content (AvgIpc) is 2.47. The van der Waals surface area contributed by atoms with Gasteiger partial charge in [0.15, 0.2) is 0 Å². The fourth-order valence-electron chi connectivity index (χ4n) is 1.15. The predicted molar refractivity (Wildman–Crippen MR) is 56.6 cm³/mol. The molecule has 0 unspecified atom stereocenters. The van der Waals surface area contributed by atoms with Gasteiger partial charge < -0.3 is 4.40 Å². The van der Waals surface area contributed by atoms with E-state index in [-0.39, 0.29) is 24.8 Å². The van der Waals surface area contributed by atoms with Crippen molar-refractivity contribution in [3.8, 4) is 6.07 Å². The summed E-state index contributed by atoms with van der Waals surface area (Å²) in [6.07, 6.45) is 1.88. The van der Waals surface area contributed by atoms with Crippen molar-refractivity contribution >= 4 is 30.3 Å². The lowest BCUT2D eigenvalue weighted by molar-refractivity contribution is 1.16. The van der Waals surface area contributed by atoms with Crippen molar-refractivity contribution < 1.29 is 0 Å². The van der Waals surface area contributed by atoms with Gasteiger partial charge in [-0.2, -0.15) is 5.26 Å². The molecule has 0 atom stereocenters. The molecular weight excluding hydrogens is 207 g/mol. The Hall–Kier alpha value is -1.17. The summed E-state index contributed by atoms with van der Waals surface area (Å²) in [4.78, 5) is 0. The van der Waals surface area contributed by atoms with Crippen LogP contribution in [0.1, 0.15) is 5.69 Å². The number of aromatic nitrogens is 1. The summed E-state index contributed by atoms with van der Waals surface area (Å²) in [5.41, 5.74) is 1.74. The number of nitriles is 1. The molecule has 0 fully saturated rings. The first kappa shape index (κ1) is 11.8. The van der Waals surface area contributed by atoms with Gasteiger partial charge in [0.05, 0.1) is 0 Å². The van der Waals surface area contributed by atoms with Gasteiger partial charge in [-0.15, -0.1) is 24.8 Å². The molecule has 13 heavy (non-hydrogen) atoms. The Morgan fingerprint density at radius 3 is 2.54 bits per heavy atom. The van der Waals surface area contributed by atoms with Crippen molar-refractivity contribution in [1.29, 1.82) is 5.26 Å². The van der Waals surface area contributed by atoms with Crippen LogP contribution in [-0.4, -0.2) is 4.40 Å². The van der Waals surface area contributed by atoms with E-state index in [0.29, 0.717) is 5.69 Å². The summed E-state index contributed by atoms with van der Waals surface area (Å²) in [5, 5.41) is 8.65. The van der Waals surface area contributed by atoms with E-state index in [0.717, 1.165) is 5.52 Å². The molecule has 0 spiro atoms. The van der Waals surface area contributed by atoms with Crippen LogP contribution in [0.15, 0.2) is 36.5 Å². The molecular formula is C9H8Cl2N2. The fraction of sp³-hybridized carbons (Fsp3) is 0. The van der Waals surface area contributed by atoms with Crippen molar-refractivity contribution in [2.45, 2.75) is 0 Å². The normalized spacial score (nSPS) is 8.23. The zero-order chi connectivity index (χ0) is 7.68. The Balaban J connectivity index is 0.000000720. The second kappa shape index (κ2) is 4.76. The van der Waals surface area contributed by atoms with E-state index >= 15 is 0 Å². The summed E-state index contributed by atoms with van der Waals surface area (Å²) in [7, 11) is 0. The summed E-state index contributed by atoms with van der Waals surface area (Å²) in [6.45, 7) is 0. The van der Waals surface area contributed by atoms with Crippen molar-refractivity contribution in [3.05, 3.63) is 42.2 Å². The molecule has 0 amide bonds. The van der Waals surface area contributed by atoms with Crippen molar-refractivity contribution in [1.82, 2.24) is 4.40 Å². The molecule has 2 heterocycles. The third-order valence-electron chi connectivity index (χ3n) is 1.68. The molecule has 0 aliphatic carbocycles. The van der Waals surface area contributed by atoms with Gasteiger partial charge in [0, 0.05) is 11.7 Å².